The highest BCUT2D eigenvalue weighted by molar-refractivity contribution is 5.76. The van der Waals surface area contributed by atoms with Crippen molar-refractivity contribution in [1.82, 2.24) is 5.32 Å². The van der Waals surface area contributed by atoms with Gasteiger partial charge in [0, 0.05) is 18.9 Å². The summed E-state index contributed by atoms with van der Waals surface area (Å²) in [5.74, 6) is 5.51. The van der Waals surface area contributed by atoms with E-state index in [1.54, 1.807) is 0 Å². The minimum atomic E-state index is -0.748. The molecule has 5 N–H and O–H groups in total. The van der Waals surface area contributed by atoms with Crippen molar-refractivity contribution in [3.05, 3.63) is 0 Å². The topological polar surface area (TPSA) is 127 Å². The predicted octanol–water partition coefficient (Wildman–Crippen LogP) is 9.01. The van der Waals surface area contributed by atoms with Gasteiger partial charge in [-0.25, -0.2) is 0 Å². The van der Waals surface area contributed by atoms with Gasteiger partial charge in [0.15, 0.2) is 0 Å². The number of nitrogens with one attached hydrogen (secondary N) is 1. The summed E-state index contributed by atoms with van der Waals surface area (Å²) in [6, 6.07) is 0.162. The van der Waals surface area contributed by atoms with Gasteiger partial charge in [-0.15, -0.1) is 0 Å². The van der Waals surface area contributed by atoms with Crippen LogP contribution >= 0.6 is 0 Å². The van der Waals surface area contributed by atoms with Crippen LogP contribution in [0.15, 0.2) is 0 Å². The lowest BCUT2D eigenvalue weighted by atomic mass is 9.43. The molecule has 55 heavy (non-hydrogen) atoms. The molecule has 0 saturated heterocycles. The van der Waals surface area contributed by atoms with Gasteiger partial charge >= 0.3 is 5.97 Å². The van der Waals surface area contributed by atoms with Crippen LogP contribution in [0.1, 0.15) is 170 Å². The molecule has 8 aliphatic carbocycles. The quantitative estimate of drug-likeness (QED) is 0.160. The summed E-state index contributed by atoms with van der Waals surface area (Å²) in [6.45, 7) is 14.5. The third-order valence-corrected chi connectivity index (χ3v) is 21.0. The van der Waals surface area contributed by atoms with Crippen molar-refractivity contribution in [2.75, 3.05) is 0 Å². The number of carboxylic acids is 1. The fourth-order valence-electron chi connectivity index (χ4n) is 17.9. The van der Waals surface area contributed by atoms with E-state index >= 15 is 0 Å². The Morgan fingerprint density at radius 2 is 1.27 bits per heavy atom. The molecule has 8 aliphatic rings. The van der Waals surface area contributed by atoms with Gasteiger partial charge in [0.25, 0.3) is 0 Å². The maximum absolute atomic E-state index is 13.6. The average molecular weight is 766 g/mol. The maximum atomic E-state index is 13.6. The largest absolute Gasteiger partial charge is 0.481 e. The number of hydrogen-bond acceptors (Lipinski definition) is 5. The van der Waals surface area contributed by atoms with Gasteiger partial charge in [0.1, 0.15) is 0 Å². The van der Waals surface area contributed by atoms with Crippen LogP contribution in [-0.4, -0.2) is 56.7 Å². The molecule has 0 aromatic heterocycles. The Kier molecular flexibility index (Phi) is 10.9. The monoisotopic (exact) mass is 766 g/mol. The van der Waals surface area contributed by atoms with Crippen LogP contribution in [-0.2, 0) is 9.59 Å². The van der Waals surface area contributed by atoms with E-state index in [0.717, 1.165) is 82.0 Å². The van der Waals surface area contributed by atoms with E-state index in [-0.39, 0.29) is 71.0 Å². The highest BCUT2D eigenvalue weighted by Gasteiger charge is 2.66. The van der Waals surface area contributed by atoms with Gasteiger partial charge in [-0.2, -0.15) is 0 Å². The van der Waals surface area contributed by atoms with Crippen molar-refractivity contribution in [3.8, 4) is 0 Å². The molecule has 0 bridgehead atoms. The first-order chi connectivity index (χ1) is 26.0. The first-order valence-corrected chi connectivity index (χ1v) is 23.6. The molecular weight excluding hydrogens is 687 g/mol. The lowest BCUT2D eigenvalue weighted by molar-refractivity contribution is -0.202. The number of hydrogen-bond donors (Lipinski definition) is 5. The molecule has 0 radical (unpaired) electrons. The number of carbonyl (C=O) groups excluding carboxylic acids is 1. The number of aliphatic carboxylic acids is 1. The zero-order valence-electron chi connectivity index (χ0n) is 35.5. The van der Waals surface area contributed by atoms with Crippen LogP contribution in [0.2, 0.25) is 0 Å². The van der Waals surface area contributed by atoms with Gasteiger partial charge in [0.05, 0.1) is 18.3 Å². The summed E-state index contributed by atoms with van der Waals surface area (Å²) in [4.78, 5) is 25.0. The highest BCUT2D eigenvalue weighted by Crippen LogP contribution is 2.70. The summed E-state index contributed by atoms with van der Waals surface area (Å²) in [5, 5.41) is 47.1. The SMILES string of the molecule is C[C@H](CCC(=O)N[C@H]1CC[C@@]2(C)[C@@H](C1)C[C@@H](O)[C@@H]1[C@@H]2C[C@H](O)[C@]2(C)[C@@H]([C@H](C)CCC(=O)O)CC[C@@H]12)[C@H]1CC[C@H]2[C@@H]3CC[C@@H]4C[C@H](O)CC[C@]4(C)[C@H]3CC[C@]12C. The molecule has 7 nitrogen and oxygen atoms in total. The highest BCUT2D eigenvalue weighted by atomic mass is 16.4. The summed E-state index contributed by atoms with van der Waals surface area (Å²) in [6.07, 6.45) is 19.2. The molecule has 312 valence electrons. The smallest absolute Gasteiger partial charge is 0.303 e. The third kappa shape index (κ3) is 6.60. The number of aliphatic hydroxyl groups excluding tert-OH is 3. The minimum absolute atomic E-state index is 0.0529. The molecule has 8 fully saturated rings. The van der Waals surface area contributed by atoms with E-state index < -0.39 is 12.1 Å². The standard InChI is InChI=1S/C48H79NO6/c1-27(34-11-13-36-33-10-9-29-24-32(50)18-21-45(29,3)37(33)19-22-47(34,36)5)7-15-42(53)49-31-17-20-46(4)30(23-31)25-40(51)44-38-14-12-35(28(2)8-16-43(54)55)48(38,6)41(52)26-39(44)46/h27-41,44,50-52H,7-26H2,1-6H3,(H,49,53)(H,54,55)/t27-,28-,29-,30+,31+,32-,33+,34-,35-,36+,37+,38+,39+,40-,41+,44+,45+,46+,47-,48-/m1/s1. The summed E-state index contributed by atoms with van der Waals surface area (Å²) in [5.41, 5.74) is 0.587. The summed E-state index contributed by atoms with van der Waals surface area (Å²) < 4.78 is 0. The van der Waals surface area contributed by atoms with Crippen molar-refractivity contribution in [3.63, 3.8) is 0 Å². The van der Waals surface area contributed by atoms with E-state index in [2.05, 4.69) is 46.9 Å². The van der Waals surface area contributed by atoms with Gasteiger partial charge in [0.2, 0.25) is 5.91 Å². The molecule has 8 rings (SSSR count). The number of rotatable bonds is 9. The lowest BCUT2D eigenvalue weighted by Gasteiger charge is -2.63. The normalized spacial score (nSPS) is 52.7. The predicted molar refractivity (Wildman–Crippen MR) is 216 cm³/mol. The Morgan fingerprint density at radius 1 is 0.636 bits per heavy atom. The Labute approximate surface area is 333 Å². The molecule has 20 atom stereocenters. The van der Waals surface area contributed by atoms with E-state index in [9.17, 15) is 30.0 Å². The van der Waals surface area contributed by atoms with Gasteiger partial charge in [-0.1, -0.05) is 41.5 Å². The van der Waals surface area contributed by atoms with Crippen molar-refractivity contribution in [1.29, 1.82) is 0 Å². The van der Waals surface area contributed by atoms with Crippen molar-refractivity contribution >= 4 is 11.9 Å². The van der Waals surface area contributed by atoms with Crippen LogP contribution in [0.3, 0.4) is 0 Å². The second kappa shape index (κ2) is 14.8. The second-order valence-corrected chi connectivity index (χ2v) is 22.9. The molecule has 0 aromatic carbocycles. The minimum Gasteiger partial charge on any atom is -0.481 e. The maximum Gasteiger partial charge on any atom is 0.303 e. The van der Waals surface area contributed by atoms with Crippen LogP contribution in [0.4, 0.5) is 0 Å². The summed E-state index contributed by atoms with van der Waals surface area (Å²) >= 11 is 0. The second-order valence-electron chi connectivity index (χ2n) is 22.9. The Morgan fingerprint density at radius 3 is 2.04 bits per heavy atom. The number of carboxylic acid groups (broad SMARTS) is 1. The molecule has 0 aliphatic heterocycles. The molecular formula is C48H79NO6. The number of amides is 1. The molecule has 8 saturated carbocycles. The molecule has 7 heteroatoms. The van der Waals surface area contributed by atoms with Crippen molar-refractivity contribution in [2.24, 2.45) is 92.7 Å². The number of carbonyl (C=O) groups is 2. The van der Waals surface area contributed by atoms with Crippen LogP contribution in [0, 0.1) is 92.7 Å². The van der Waals surface area contributed by atoms with Crippen molar-refractivity contribution < 1.29 is 30.0 Å². The molecule has 0 aromatic rings. The van der Waals surface area contributed by atoms with E-state index in [0.29, 0.717) is 47.3 Å². The van der Waals surface area contributed by atoms with E-state index in [1.807, 2.05) is 0 Å². The van der Waals surface area contributed by atoms with E-state index in [4.69, 9.17) is 0 Å². The Bertz CT molecular complexity index is 1440. The first kappa shape index (κ1) is 40.6. The van der Waals surface area contributed by atoms with Crippen molar-refractivity contribution in [2.45, 2.75) is 194 Å². The average Bonchev–Trinajstić information content (AvgIpc) is 3.68. The van der Waals surface area contributed by atoms with Crippen LogP contribution < -0.4 is 5.32 Å². The lowest BCUT2D eigenvalue weighted by Crippen LogP contribution is -2.63. The first-order valence-electron chi connectivity index (χ1n) is 23.6. The van der Waals surface area contributed by atoms with E-state index in [1.165, 1.54) is 44.9 Å². The molecule has 0 unspecified atom stereocenters. The van der Waals surface area contributed by atoms with Crippen LogP contribution in [0.5, 0.6) is 0 Å². The Balaban J connectivity index is 0.849. The van der Waals surface area contributed by atoms with Crippen LogP contribution in [0.25, 0.3) is 0 Å². The zero-order chi connectivity index (χ0) is 39.2. The van der Waals surface area contributed by atoms with Gasteiger partial charge in [-0.05, 0) is 208 Å². The Hall–Kier alpha value is -1.18. The number of aliphatic hydroxyl groups is 3. The fraction of sp³-hybridized carbons (Fsp3) is 0.958. The zero-order valence-corrected chi connectivity index (χ0v) is 35.5. The fourth-order valence-corrected chi connectivity index (χ4v) is 17.9. The molecule has 1 amide bonds. The molecule has 0 heterocycles. The van der Waals surface area contributed by atoms with Gasteiger partial charge in [-0.3, -0.25) is 9.59 Å². The number of fused-ring (bicyclic) bond motifs is 10. The summed E-state index contributed by atoms with van der Waals surface area (Å²) in [7, 11) is 0. The molecule has 0 spiro atoms. The third-order valence-electron chi connectivity index (χ3n) is 21.0. The van der Waals surface area contributed by atoms with Gasteiger partial charge < -0.3 is 25.7 Å².